The molecule has 0 spiro atoms. The molecule has 1 atom stereocenters. The van der Waals surface area contributed by atoms with Crippen molar-refractivity contribution < 1.29 is 9.53 Å². The monoisotopic (exact) mass is 514 g/mol. The number of halogens is 1. The molecule has 0 saturated carbocycles. The Morgan fingerprint density at radius 1 is 1.24 bits per heavy atom. The van der Waals surface area contributed by atoms with Crippen LogP contribution in [0.4, 0.5) is 0 Å². The fourth-order valence-corrected chi connectivity index (χ4v) is 4.15. The molecule has 1 aromatic carbocycles. The second-order valence-electron chi connectivity index (χ2n) is 7.82. The molecule has 0 amide bonds. The molecule has 1 unspecified atom stereocenters. The third-order valence-corrected chi connectivity index (χ3v) is 5.95. The lowest BCUT2D eigenvalue weighted by atomic mass is 9.97. The number of fused-ring (bicyclic) bond motifs is 1. The number of hydrogen-bond acceptors (Lipinski definition) is 4. The minimum atomic E-state index is -0.0828. The van der Waals surface area contributed by atoms with Crippen LogP contribution in [0.15, 0.2) is 29.3 Å². The lowest BCUT2D eigenvalue weighted by molar-refractivity contribution is -0.146. The molecule has 162 valence electrons. The molecule has 1 aromatic rings. The molecular weight excluding hydrogens is 479 g/mol. The smallest absolute Gasteiger partial charge is 0.308 e. The minimum Gasteiger partial charge on any atom is -0.469 e. The fraction of sp³-hybridized carbons (Fsp3) is 0.636. The normalized spacial score (nSPS) is 19.1. The summed E-state index contributed by atoms with van der Waals surface area (Å²) >= 11 is 0. The first-order chi connectivity index (χ1) is 13.6. The van der Waals surface area contributed by atoms with Gasteiger partial charge in [0, 0.05) is 38.8 Å². The van der Waals surface area contributed by atoms with Gasteiger partial charge in [-0.05, 0) is 44.2 Å². The number of methoxy groups -OCH3 is 1. The lowest BCUT2D eigenvalue weighted by Gasteiger charge is -2.35. The summed E-state index contributed by atoms with van der Waals surface area (Å²) in [5.74, 6) is 0.909. The highest BCUT2D eigenvalue weighted by atomic mass is 127. The van der Waals surface area contributed by atoms with Crippen LogP contribution >= 0.6 is 24.0 Å². The predicted molar refractivity (Wildman–Crippen MR) is 128 cm³/mol. The molecule has 2 heterocycles. The van der Waals surface area contributed by atoms with E-state index in [1.54, 1.807) is 0 Å². The van der Waals surface area contributed by atoms with E-state index in [0.29, 0.717) is 6.04 Å². The largest absolute Gasteiger partial charge is 0.469 e. The van der Waals surface area contributed by atoms with Crippen molar-refractivity contribution in [3.8, 4) is 0 Å². The first-order valence-corrected chi connectivity index (χ1v) is 10.5. The van der Waals surface area contributed by atoms with Crippen LogP contribution in [0, 0.1) is 5.92 Å². The van der Waals surface area contributed by atoms with Gasteiger partial charge in [-0.25, -0.2) is 0 Å². The van der Waals surface area contributed by atoms with Gasteiger partial charge >= 0.3 is 5.97 Å². The number of nitrogens with zero attached hydrogens (tertiary/aromatic N) is 3. The number of esters is 1. The summed E-state index contributed by atoms with van der Waals surface area (Å²) in [6, 6.07) is 9.15. The predicted octanol–water partition coefficient (Wildman–Crippen LogP) is 2.90. The number of guanidine groups is 1. The van der Waals surface area contributed by atoms with E-state index in [1.807, 2.05) is 0 Å². The molecule has 1 saturated heterocycles. The highest BCUT2D eigenvalue weighted by Gasteiger charge is 2.27. The van der Waals surface area contributed by atoms with Crippen molar-refractivity contribution >= 4 is 35.9 Å². The number of carbonyl (C=O) groups is 1. The number of carbonyl (C=O) groups excluding carboxylic acids is 1. The van der Waals surface area contributed by atoms with Crippen LogP contribution in [0.1, 0.15) is 37.8 Å². The van der Waals surface area contributed by atoms with Gasteiger partial charge in [0.05, 0.1) is 19.6 Å². The van der Waals surface area contributed by atoms with Crippen molar-refractivity contribution in [2.45, 2.75) is 45.7 Å². The molecule has 0 aliphatic carbocycles. The molecule has 1 N–H and O–H groups in total. The summed E-state index contributed by atoms with van der Waals surface area (Å²) in [6.07, 6.45) is 2.77. The number of aliphatic imine (C=N–C) groups is 1. The summed E-state index contributed by atoms with van der Waals surface area (Å²) in [6.45, 7) is 9.78. The van der Waals surface area contributed by atoms with Gasteiger partial charge in [0.2, 0.25) is 0 Å². The molecule has 6 nitrogen and oxygen atoms in total. The van der Waals surface area contributed by atoms with Crippen LogP contribution < -0.4 is 5.32 Å². The van der Waals surface area contributed by atoms with E-state index >= 15 is 0 Å². The molecule has 3 rings (SSSR count). The van der Waals surface area contributed by atoms with E-state index in [0.717, 1.165) is 64.5 Å². The van der Waals surface area contributed by atoms with Gasteiger partial charge < -0.3 is 15.0 Å². The highest BCUT2D eigenvalue weighted by molar-refractivity contribution is 14.0. The molecule has 0 aromatic heterocycles. The second-order valence-corrected chi connectivity index (χ2v) is 7.82. The van der Waals surface area contributed by atoms with E-state index in [4.69, 9.17) is 9.73 Å². The Kier molecular flexibility index (Phi) is 9.68. The SMILES string of the molecule is CCNC(=NCC(C)N1CCc2ccccc2C1)N1CCC(C(=O)OC)CC1.I. The average Bonchev–Trinajstić information content (AvgIpc) is 2.75. The quantitative estimate of drug-likeness (QED) is 0.284. The Balaban J connectivity index is 0.00000300. The number of ether oxygens (including phenoxy) is 1. The number of piperidine rings is 1. The molecule has 1 fully saturated rings. The number of benzene rings is 1. The van der Waals surface area contributed by atoms with Gasteiger partial charge in [0.1, 0.15) is 0 Å². The van der Waals surface area contributed by atoms with Crippen molar-refractivity contribution in [1.29, 1.82) is 0 Å². The van der Waals surface area contributed by atoms with Crippen LogP contribution in [0.25, 0.3) is 0 Å². The molecule has 2 aliphatic rings. The molecule has 29 heavy (non-hydrogen) atoms. The van der Waals surface area contributed by atoms with Gasteiger partial charge in [-0.3, -0.25) is 14.7 Å². The molecule has 0 radical (unpaired) electrons. The number of rotatable bonds is 5. The first kappa shape index (κ1) is 23.9. The lowest BCUT2D eigenvalue weighted by Crippen LogP contribution is -2.47. The van der Waals surface area contributed by atoms with Gasteiger partial charge in [-0.1, -0.05) is 24.3 Å². The fourth-order valence-electron chi connectivity index (χ4n) is 4.15. The topological polar surface area (TPSA) is 57.2 Å². The Hall–Kier alpha value is -1.35. The Bertz CT molecular complexity index is 689. The average molecular weight is 514 g/mol. The van der Waals surface area contributed by atoms with Crippen molar-refractivity contribution in [1.82, 2.24) is 15.1 Å². The Morgan fingerprint density at radius 3 is 2.59 bits per heavy atom. The first-order valence-electron chi connectivity index (χ1n) is 10.5. The summed E-state index contributed by atoms with van der Waals surface area (Å²) in [7, 11) is 1.47. The maximum absolute atomic E-state index is 11.8. The second kappa shape index (κ2) is 11.7. The maximum atomic E-state index is 11.8. The number of nitrogens with one attached hydrogen (secondary N) is 1. The summed E-state index contributed by atoms with van der Waals surface area (Å²) in [5.41, 5.74) is 2.93. The van der Waals surface area contributed by atoms with Gasteiger partial charge in [0.25, 0.3) is 0 Å². The summed E-state index contributed by atoms with van der Waals surface area (Å²) in [4.78, 5) is 21.5. The molecule has 2 aliphatic heterocycles. The molecule has 7 heteroatoms. The zero-order chi connectivity index (χ0) is 19.9. The van der Waals surface area contributed by atoms with Crippen LogP contribution in [-0.2, 0) is 22.5 Å². The van der Waals surface area contributed by atoms with Gasteiger partial charge in [0.15, 0.2) is 5.96 Å². The zero-order valence-corrected chi connectivity index (χ0v) is 20.2. The molecular formula is C22H35IN4O2. The number of hydrogen-bond donors (Lipinski definition) is 1. The van der Waals surface area contributed by atoms with Crippen LogP contribution in [0.5, 0.6) is 0 Å². The van der Waals surface area contributed by atoms with Crippen molar-refractivity contribution in [2.75, 3.05) is 39.8 Å². The summed E-state index contributed by atoms with van der Waals surface area (Å²) in [5, 5.41) is 3.43. The Labute approximate surface area is 192 Å². The van der Waals surface area contributed by atoms with E-state index in [9.17, 15) is 4.79 Å². The Morgan fingerprint density at radius 2 is 1.93 bits per heavy atom. The van der Waals surface area contributed by atoms with Crippen LogP contribution in [0.2, 0.25) is 0 Å². The standard InChI is InChI=1S/C22H34N4O2.HI/c1-4-23-22(25-12-10-19(11-13-25)21(27)28-3)24-15-17(2)26-14-9-18-7-5-6-8-20(18)16-26;/h5-8,17,19H,4,9-16H2,1-3H3,(H,23,24);1H. The van der Waals surface area contributed by atoms with E-state index in [1.165, 1.54) is 18.2 Å². The van der Waals surface area contributed by atoms with E-state index < -0.39 is 0 Å². The third kappa shape index (κ3) is 6.31. The highest BCUT2D eigenvalue weighted by Crippen LogP contribution is 2.21. The minimum absolute atomic E-state index is 0. The van der Waals surface area contributed by atoms with Crippen LogP contribution in [-0.4, -0.2) is 67.6 Å². The van der Waals surface area contributed by atoms with E-state index in [-0.39, 0.29) is 35.9 Å². The third-order valence-electron chi connectivity index (χ3n) is 5.95. The maximum Gasteiger partial charge on any atom is 0.308 e. The van der Waals surface area contributed by atoms with Crippen molar-refractivity contribution in [3.63, 3.8) is 0 Å². The van der Waals surface area contributed by atoms with Crippen molar-refractivity contribution in [2.24, 2.45) is 10.9 Å². The summed E-state index contributed by atoms with van der Waals surface area (Å²) < 4.78 is 4.90. The van der Waals surface area contributed by atoms with Crippen molar-refractivity contribution in [3.05, 3.63) is 35.4 Å². The molecule has 0 bridgehead atoms. The zero-order valence-electron chi connectivity index (χ0n) is 17.9. The van der Waals surface area contributed by atoms with Gasteiger partial charge in [-0.2, -0.15) is 0 Å². The van der Waals surface area contributed by atoms with Crippen LogP contribution in [0.3, 0.4) is 0 Å². The number of likely N-dealkylation sites (tertiary alicyclic amines) is 1. The van der Waals surface area contributed by atoms with E-state index in [2.05, 4.69) is 53.2 Å². The van der Waals surface area contributed by atoms with Gasteiger partial charge in [-0.15, -0.1) is 24.0 Å².